The number of nitrogens with zero attached hydrogens (tertiary/aromatic N) is 3. The number of hydrogen-bond acceptors (Lipinski definition) is 5. The third kappa shape index (κ3) is 3.89. The highest BCUT2D eigenvalue weighted by Gasteiger charge is 2.16. The highest BCUT2D eigenvalue weighted by Crippen LogP contribution is 2.21. The number of sulfonamides is 1. The van der Waals surface area contributed by atoms with Crippen LogP contribution in [0.4, 0.5) is 4.39 Å². The largest absolute Gasteiger partial charge is 0.494 e. The number of aromatic nitrogens is 3. The van der Waals surface area contributed by atoms with Crippen molar-refractivity contribution in [2.75, 3.05) is 7.11 Å². The van der Waals surface area contributed by atoms with Crippen LogP contribution >= 0.6 is 0 Å². The van der Waals surface area contributed by atoms with Crippen LogP contribution in [0.1, 0.15) is 5.56 Å². The molecule has 7 nitrogen and oxygen atoms in total. The molecule has 0 aliphatic rings. The minimum atomic E-state index is -3.87. The van der Waals surface area contributed by atoms with Crippen molar-refractivity contribution < 1.29 is 17.5 Å². The lowest BCUT2D eigenvalue weighted by Crippen LogP contribution is -2.23. The van der Waals surface area contributed by atoms with Gasteiger partial charge in [0.1, 0.15) is 0 Å². The first-order valence-corrected chi connectivity index (χ1v) is 9.13. The van der Waals surface area contributed by atoms with E-state index in [9.17, 15) is 12.8 Å². The summed E-state index contributed by atoms with van der Waals surface area (Å²) in [5.74, 6) is -0.757. The van der Waals surface area contributed by atoms with Crippen molar-refractivity contribution in [2.24, 2.45) is 7.05 Å². The van der Waals surface area contributed by atoms with Crippen LogP contribution in [0.15, 0.2) is 53.9 Å². The smallest absolute Gasteiger partial charge is 0.240 e. The lowest BCUT2D eigenvalue weighted by Gasteiger charge is -2.09. The number of benzene rings is 1. The molecular formula is C17H17FN4O3S. The fourth-order valence-corrected chi connectivity index (χ4v) is 3.42. The van der Waals surface area contributed by atoms with E-state index in [-0.39, 0.29) is 17.2 Å². The first kappa shape index (κ1) is 18.0. The predicted octanol–water partition coefficient (Wildman–Crippen LogP) is 2.11. The van der Waals surface area contributed by atoms with E-state index < -0.39 is 15.8 Å². The Labute approximate surface area is 150 Å². The van der Waals surface area contributed by atoms with Gasteiger partial charge in [-0.1, -0.05) is 0 Å². The maximum atomic E-state index is 13.8. The fraction of sp³-hybridized carbons (Fsp3) is 0.176. The van der Waals surface area contributed by atoms with Crippen molar-refractivity contribution in [1.29, 1.82) is 0 Å². The maximum absolute atomic E-state index is 13.8. The zero-order chi connectivity index (χ0) is 18.7. The number of nitrogens with one attached hydrogen (secondary N) is 1. The van der Waals surface area contributed by atoms with Crippen LogP contribution in [-0.4, -0.2) is 30.3 Å². The number of ether oxygens (including phenoxy) is 1. The Hall–Kier alpha value is -2.78. The van der Waals surface area contributed by atoms with E-state index in [0.29, 0.717) is 5.56 Å². The van der Waals surface area contributed by atoms with Crippen LogP contribution in [0, 0.1) is 5.82 Å². The molecule has 0 bridgehead atoms. The molecule has 0 unspecified atom stereocenters. The Bertz CT molecular complexity index is 1030. The van der Waals surface area contributed by atoms with Gasteiger partial charge in [-0.3, -0.25) is 9.67 Å². The fourth-order valence-electron chi connectivity index (χ4n) is 2.39. The second-order valence-corrected chi connectivity index (χ2v) is 7.37. The summed E-state index contributed by atoms with van der Waals surface area (Å²) >= 11 is 0. The molecule has 3 aromatic rings. The molecule has 9 heteroatoms. The number of halogens is 1. The molecule has 0 saturated carbocycles. The lowest BCUT2D eigenvalue weighted by molar-refractivity contribution is 0.385. The van der Waals surface area contributed by atoms with Crippen LogP contribution < -0.4 is 9.46 Å². The molecule has 0 atom stereocenters. The van der Waals surface area contributed by atoms with E-state index in [4.69, 9.17) is 4.74 Å². The van der Waals surface area contributed by atoms with Crippen LogP contribution in [0.25, 0.3) is 11.1 Å². The van der Waals surface area contributed by atoms with Gasteiger partial charge in [0.05, 0.1) is 18.2 Å². The number of rotatable bonds is 6. The van der Waals surface area contributed by atoms with E-state index in [1.165, 1.54) is 19.2 Å². The highest BCUT2D eigenvalue weighted by molar-refractivity contribution is 7.89. The van der Waals surface area contributed by atoms with Crippen LogP contribution in [0.3, 0.4) is 0 Å². The van der Waals surface area contributed by atoms with Gasteiger partial charge in [0, 0.05) is 43.3 Å². The minimum Gasteiger partial charge on any atom is -0.494 e. The van der Waals surface area contributed by atoms with Crippen molar-refractivity contribution >= 4 is 10.0 Å². The Balaban J connectivity index is 1.77. The zero-order valence-corrected chi connectivity index (χ0v) is 15.0. The third-order valence-electron chi connectivity index (χ3n) is 3.73. The monoisotopic (exact) mass is 376 g/mol. The number of hydrogen-bond donors (Lipinski definition) is 1. The van der Waals surface area contributed by atoms with Crippen molar-refractivity contribution in [1.82, 2.24) is 19.5 Å². The molecule has 0 aliphatic heterocycles. The van der Waals surface area contributed by atoms with Gasteiger partial charge in [0.15, 0.2) is 11.6 Å². The van der Waals surface area contributed by atoms with Gasteiger partial charge >= 0.3 is 0 Å². The number of pyridine rings is 1. The highest BCUT2D eigenvalue weighted by atomic mass is 32.2. The molecule has 136 valence electrons. The van der Waals surface area contributed by atoms with Crippen molar-refractivity contribution in [3.63, 3.8) is 0 Å². The molecule has 1 N–H and O–H groups in total. The summed E-state index contributed by atoms with van der Waals surface area (Å²) < 4.78 is 47.4. The van der Waals surface area contributed by atoms with Crippen molar-refractivity contribution in [2.45, 2.75) is 11.4 Å². The number of methoxy groups -OCH3 is 1. The average molecular weight is 376 g/mol. The summed E-state index contributed by atoms with van der Waals surface area (Å²) in [5, 5.41) is 4.10. The molecule has 0 amide bonds. The summed E-state index contributed by atoms with van der Waals surface area (Å²) in [4.78, 5) is 3.96. The van der Waals surface area contributed by atoms with E-state index in [1.807, 2.05) is 19.3 Å². The standard InChI is InChI=1S/C17H17FN4O3S/c1-22-11-14(10-20-22)13-5-12(7-19-9-13)8-21-26(23,24)15-3-4-17(25-2)16(18)6-15/h3-7,9-11,21H,8H2,1-2H3. The molecule has 2 heterocycles. The summed E-state index contributed by atoms with van der Waals surface area (Å²) in [6, 6.07) is 5.30. The normalized spacial score (nSPS) is 11.5. The molecule has 0 saturated heterocycles. The molecule has 0 spiro atoms. The SMILES string of the molecule is COc1ccc(S(=O)(=O)NCc2cncc(-c3cnn(C)c3)c2)cc1F. The Morgan fingerprint density at radius 2 is 2.00 bits per heavy atom. The first-order chi connectivity index (χ1) is 12.4. The lowest BCUT2D eigenvalue weighted by atomic mass is 10.1. The van der Waals surface area contributed by atoms with Crippen molar-refractivity contribution in [3.05, 3.63) is 60.4 Å². The van der Waals surface area contributed by atoms with Gasteiger partial charge in [-0.2, -0.15) is 5.10 Å². The molecule has 0 fully saturated rings. The van der Waals surface area contributed by atoms with Crippen molar-refractivity contribution in [3.8, 4) is 16.9 Å². The summed E-state index contributed by atoms with van der Waals surface area (Å²) in [5.41, 5.74) is 2.37. The Morgan fingerprint density at radius 3 is 2.65 bits per heavy atom. The molecule has 26 heavy (non-hydrogen) atoms. The molecule has 3 rings (SSSR count). The van der Waals surface area contributed by atoms with Crippen LogP contribution in [0.5, 0.6) is 5.75 Å². The van der Waals surface area contributed by atoms with Gasteiger partial charge in [-0.25, -0.2) is 17.5 Å². The molecule has 2 aromatic heterocycles. The topological polar surface area (TPSA) is 86.1 Å². The molecule has 1 aromatic carbocycles. The van der Waals surface area contributed by atoms with Gasteiger partial charge in [-0.05, 0) is 29.8 Å². The third-order valence-corrected chi connectivity index (χ3v) is 5.13. The molecule has 0 radical (unpaired) electrons. The van der Waals surface area contributed by atoms with Gasteiger partial charge in [0.2, 0.25) is 10.0 Å². The summed E-state index contributed by atoms with van der Waals surface area (Å²) in [6.07, 6.45) is 6.78. The quantitative estimate of drug-likeness (QED) is 0.712. The maximum Gasteiger partial charge on any atom is 0.240 e. The first-order valence-electron chi connectivity index (χ1n) is 7.65. The zero-order valence-electron chi connectivity index (χ0n) is 14.2. The second kappa shape index (κ2) is 7.22. The van der Waals surface area contributed by atoms with E-state index >= 15 is 0 Å². The molecule has 0 aliphatic carbocycles. The van der Waals surface area contributed by atoms with Gasteiger partial charge in [0.25, 0.3) is 0 Å². The Kier molecular flexibility index (Phi) is 5.01. The van der Waals surface area contributed by atoms with Crippen LogP contribution in [0.2, 0.25) is 0 Å². The van der Waals surface area contributed by atoms with Crippen LogP contribution in [-0.2, 0) is 23.6 Å². The minimum absolute atomic E-state index is 0.0164. The average Bonchev–Trinajstić information content (AvgIpc) is 3.07. The van der Waals surface area contributed by atoms with Gasteiger partial charge < -0.3 is 4.74 Å². The van der Waals surface area contributed by atoms with E-state index in [0.717, 1.165) is 17.2 Å². The second-order valence-electron chi connectivity index (χ2n) is 5.61. The number of aryl methyl sites for hydroxylation is 1. The van der Waals surface area contributed by atoms with E-state index in [1.54, 1.807) is 23.3 Å². The van der Waals surface area contributed by atoms with Gasteiger partial charge in [-0.15, -0.1) is 0 Å². The Morgan fingerprint density at radius 1 is 1.19 bits per heavy atom. The summed E-state index contributed by atoms with van der Waals surface area (Å²) in [7, 11) is -0.748. The van der Waals surface area contributed by atoms with E-state index in [2.05, 4.69) is 14.8 Å². The summed E-state index contributed by atoms with van der Waals surface area (Å²) in [6.45, 7) is 0.0249. The molecular weight excluding hydrogens is 359 g/mol. The predicted molar refractivity (Wildman–Crippen MR) is 93.4 cm³/mol.